The van der Waals surface area contributed by atoms with Crippen molar-refractivity contribution < 1.29 is 31.8 Å². The van der Waals surface area contributed by atoms with Crippen molar-refractivity contribution in [1.82, 2.24) is 20.5 Å². The van der Waals surface area contributed by atoms with E-state index in [1.54, 1.807) is 18.5 Å². The van der Waals surface area contributed by atoms with Crippen molar-refractivity contribution in [2.45, 2.75) is 32.0 Å². The Bertz CT molecular complexity index is 745. The van der Waals surface area contributed by atoms with E-state index in [1.165, 1.54) is 0 Å². The first-order valence-corrected chi connectivity index (χ1v) is 7.03. The van der Waals surface area contributed by atoms with Crippen LogP contribution in [0.1, 0.15) is 13.8 Å². The van der Waals surface area contributed by atoms with Crippen LogP contribution in [-0.4, -0.2) is 50.4 Å². The van der Waals surface area contributed by atoms with E-state index in [0.29, 0.717) is 0 Å². The van der Waals surface area contributed by atoms with Gasteiger partial charge in [-0.2, -0.15) is 4.68 Å². The van der Waals surface area contributed by atoms with Gasteiger partial charge in [0.2, 0.25) is 11.0 Å². The second kappa shape index (κ2) is 6.13. The number of fused-ring (bicyclic) bond motifs is 1. The molecule has 1 aliphatic heterocycles. The molecule has 9 heteroatoms. The molecular formula is C14H18ClN5O3. The molecule has 2 heterocycles. The number of hydrogen-bond donors (Lipinski definition) is 3. The molecule has 1 fully saturated rings. The van der Waals surface area contributed by atoms with Gasteiger partial charge < -0.3 is 22.8 Å². The fraction of sp³-hybridized carbons (Fsp3) is 0.429. The number of aromatic nitrogens is 3. The fourth-order valence-corrected chi connectivity index (χ4v) is 2.56. The lowest BCUT2D eigenvalue weighted by Crippen LogP contribution is -3.00. The van der Waals surface area contributed by atoms with Crippen molar-refractivity contribution in [3.8, 4) is 0 Å². The maximum Gasteiger partial charge on any atom is 0.325 e. The summed E-state index contributed by atoms with van der Waals surface area (Å²) < 4.78 is 1.68. The fourth-order valence-electron chi connectivity index (χ4n) is 2.56. The zero-order chi connectivity index (χ0) is 15.9. The summed E-state index contributed by atoms with van der Waals surface area (Å²) in [5.41, 5.74) is 0.704. The number of H-pyrrole nitrogens is 1. The lowest BCUT2D eigenvalue weighted by atomic mass is 10.1. The highest BCUT2D eigenvalue weighted by Gasteiger charge is 2.44. The molecule has 0 radical (unpaired) electrons. The molecule has 3 rings (SSSR count). The normalized spacial score (nSPS) is 18.0. The highest BCUT2D eigenvalue weighted by atomic mass is 35.5. The number of aromatic amines is 1. The van der Waals surface area contributed by atoms with Crippen molar-refractivity contribution in [2.24, 2.45) is 0 Å². The van der Waals surface area contributed by atoms with E-state index in [4.69, 9.17) is 0 Å². The lowest BCUT2D eigenvalue weighted by Gasteiger charge is -2.18. The van der Waals surface area contributed by atoms with Gasteiger partial charge in [0.1, 0.15) is 18.2 Å². The number of para-hydroxylation sites is 2. The molecule has 0 bridgehead atoms. The van der Waals surface area contributed by atoms with Crippen LogP contribution >= 0.6 is 0 Å². The van der Waals surface area contributed by atoms with Gasteiger partial charge >= 0.3 is 6.03 Å². The molecule has 3 amide bonds. The molecule has 1 saturated heterocycles. The summed E-state index contributed by atoms with van der Waals surface area (Å²) >= 11 is 0. The minimum absolute atomic E-state index is 0. The predicted octanol–water partition coefficient (Wildman–Crippen LogP) is -3.45. The van der Waals surface area contributed by atoms with Gasteiger partial charge in [-0.25, -0.2) is 4.79 Å². The van der Waals surface area contributed by atoms with E-state index in [-0.39, 0.29) is 31.4 Å². The first-order chi connectivity index (χ1) is 10.4. The average molecular weight is 340 g/mol. The SMILES string of the molecule is CC1(C)NC(=O)N(CC(O)C[n+]2[nH]nc3ccccc32)C1=O.[Cl-]. The van der Waals surface area contributed by atoms with Crippen molar-refractivity contribution in [1.29, 1.82) is 0 Å². The zero-order valence-electron chi connectivity index (χ0n) is 12.8. The van der Waals surface area contributed by atoms with Gasteiger partial charge in [0.05, 0.1) is 6.54 Å². The van der Waals surface area contributed by atoms with Gasteiger partial charge in [-0.15, -0.1) is 0 Å². The molecule has 2 aromatic rings. The number of imide groups is 1. The van der Waals surface area contributed by atoms with E-state index < -0.39 is 17.7 Å². The number of amides is 3. The second-order valence-corrected chi connectivity index (χ2v) is 5.94. The minimum atomic E-state index is -0.926. The molecule has 3 N–H and O–H groups in total. The van der Waals surface area contributed by atoms with Crippen LogP contribution in [0.4, 0.5) is 4.79 Å². The van der Waals surface area contributed by atoms with Gasteiger partial charge in [0.15, 0.2) is 0 Å². The summed E-state index contributed by atoms with van der Waals surface area (Å²) in [4.78, 5) is 24.9. The largest absolute Gasteiger partial charge is 1.00 e. The first kappa shape index (κ1) is 17.2. The number of urea groups is 1. The number of carbonyl (C=O) groups is 2. The molecule has 1 atom stereocenters. The topological polar surface area (TPSA) is 102 Å². The molecule has 1 aromatic carbocycles. The molecule has 0 saturated carbocycles. The van der Waals surface area contributed by atoms with E-state index in [9.17, 15) is 14.7 Å². The van der Waals surface area contributed by atoms with Crippen molar-refractivity contribution in [2.75, 3.05) is 6.54 Å². The Labute approximate surface area is 138 Å². The Morgan fingerprint density at radius 2 is 2.04 bits per heavy atom. The molecule has 1 aromatic heterocycles. The number of β-amino-alcohol motifs (C(OH)–C–C–N with tert-alkyl or cyclic N) is 1. The predicted molar refractivity (Wildman–Crippen MR) is 76.6 cm³/mol. The van der Waals surface area contributed by atoms with Gasteiger partial charge in [0, 0.05) is 5.10 Å². The molecule has 1 unspecified atom stereocenters. The monoisotopic (exact) mass is 339 g/mol. The molecule has 1 aliphatic rings. The Kier molecular flexibility index (Phi) is 4.58. The van der Waals surface area contributed by atoms with Gasteiger partial charge in [-0.1, -0.05) is 17.3 Å². The van der Waals surface area contributed by atoms with Crippen LogP contribution in [0, 0.1) is 0 Å². The number of carbonyl (C=O) groups excluding carboxylic acids is 2. The van der Waals surface area contributed by atoms with Gasteiger partial charge in [-0.05, 0) is 26.0 Å². The second-order valence-electron chi connectivity index (χ2n) is 5.94. The van der Waals surface area contributed by atoms with E-state index in [0.717, 1.165) is 15.9 Å². The number of hydrogen-bond acceptors (Lipinski definition) is 4. The van der Waals surface area contributed by atoms with Crippen molar-refractivity contribution >= 4 is 23.0 Å². The van der Waals surface area contributed by atoms with Gasteiger partial charge in [-0.3, -0.25) is 9.69 Å². The van der Waals surface area contributed by atoms with Crippen molar-refractivity contribution in [3.05, 3.63) is 24.3 Å². The maximum absolute atomic E-state index is 12.1. The highest BCUT2D eigenvalue weighted by Crippen LogP contribution is 2.16. The Balaban J connectivity index is 0.00000192. The summed E-state index contributed by atoms with van der Waals surface area (Å²) in [6.45, 7) is 3.42. The number of nitrogens with zero attached hydrogens (tertiary/aromatic N) is 3. The van der Waals surface area contributed by atoms with Crippen LogP contribution < -0.4 is 22.4 Å². The lowest BCUT2D eigenvalue weighted by molar-refractivity contribution is -0.736. The standard InChI is InChI=1S/C14H17N5O3.ClH/c1-14(2)12(21)18(13(22)15-14)7-9(20)8-19-11-6-4-3-5-10(11)16-17-19;/h3-6,9,20H,7-8H2,1-2H3,(H,15,22);1H. The Hall–Kier alpha value is -2.19. The molecule has 124 valence electrons. The Morgan fingerprint density at radius 3 is 2.70 bits per heavy atom. The van der Waals surface area contributed by atoms with Crippen molar-refractivity contribution in [3.63, 3.8) is 0 Å². The van der Waals surface area contributed by atoms with Crippen LogP contribution in [-0.2, 0) is 11.3 Å². The summed E-state index contributed by atoms with van der Waals surface area (Å²) in [5, 5.41) is 19.7. The third kappa shape index (κ3) is 3.13. The number of rotatable bonds is 4. The van der Waals surface area contributed by atoms with E-state index in [1.807, 2.05) is 24.3 Å². The summed E-state index contributed by atoms with van der Waals surface area (Å²) in [7, 11) is 0. The third-order valence-corrected chi connectivity index (χ3v) is 3.69. The number of aliphatic hydroxyl groups is 1. The van der Waals surface area contributed by atoms with Crippen LogP contribution in [0.2, 0.25) is 0 Å². The van der Waals surface area contributed by atoms with Crippen LogP contribution in [0.25, 0.3) is 11.0 Å². The maximum atomic E-state index is 12.1. The number of halogens is 1. The van der Waals surface area contributed by atoms with E-state index in [2.05, 4.69) is 15.6 Å². The summed E-state index contributed by atoms with van der Waals surface area (Å²) in [6, 6.07) is 7.00. The quantitative estimate of drug-likeness (QED) is 0.398. The zero-order valence-corrected chi connectivity index (χ0v) is 13.5. The summed E-state index contributed by atoms with van der Waals surface area (Å²) in [6.07, 6.45) is -0.891. The number of benzene rings is 1. The van der Waals surface area contributed by atoms with Crippen LogP contribution in [0.5, 0.6) is 0 Å². The minimum Gasteiger partial charge on any atom is -1.00 e. The summed E-state index contributed by atoms with van der Waals surface area (Å²) in [5.74, 6) is -0.337. The Morgan fingerprint density at radius 1 is 1.35 bits per heavy atom. The van der Waals surface area contributed by atoms with Gasteiger partial charge in [0.25, 0.3) is 5.91 Å². The molecular weight excluding hydrogens is 322 g/mol. The van der Waals surface area contributed by atoms with Crippen LogP contribution in [0.15, 0.2) is 24.3 Å². The smallest absolute Gasteiger partial charge is 0.325 e. The third-order valence-electron chi connectivity index (χ3n) is 3.69. The first-order valence-electron chi connectivity index (χ1n) is 7.03. The number of aliphatic hydroxyl groups excluding tert-OH is 1. The molecule has 23 heavy (non-hydrogen) atoms. The van der Waals surface area contributed by atoms with Crippen LogP contribution in [0.3, 0.4) is 0 Å². The molecule has 8 nitrogen and oxygen atoms in total. The average Bonchev–Trinajstić information content (AvgIpc) is 2.94. The molecule has 0 aliphatic carbocycles. The molecule has 0 spiro atoms. The number of nitrogens with one attached hydrogen (secondary N) is 2. The highest BCUT2D eigenvalue weighted by molar-refractivity contribution is 6.06. The van der Waals surface area contributed by atoms with E-state index >= 15 is 0 Å².